The quantitative estimate of drug-likeness (QED) is 0.327. The van der Waals surface area contributed by atoms with Gasteiger partial charge < -0.3 is 20.1 Å². The van der Waals surface area contributed by atoms with Crippen molar-refractivity contribution in [3.8, 4) is 5.75 Å². The van der Waals surface area contributed by atoms with Crippen LogP contribution in [0.25, 0.3) is 0 Å². The van der Waals surface area contributed by atoms with Crippen LogP contribution >= 0.6 is 27.5 Å². The summed E-state index contributed by atoms with van der Waals surface area (Å²) in [6, 6.07) is 10.4. The second-order valence-electron chi connectivity index (χ2n) is 7.05. The van der Waals surface area contributed by atoms with E-state index < -0.39 is 0 Å². The second kappa shape index (κ2) is 10.1. The van der Waals surface area contributed by atoms with Crippen molar-refractivity contribution in [3.63, 3.8) is 0 Å². The highest BCUT2D eigenvalue weighted by molar-refractivity contribution is 9.10. The number of benzene rings is 2. The Bertz CT molecular complexity index is 1120. The zero-order valence-corrected chi connectivity index (χ0v) is 19.6. The molecule has 1 saturated heterocycles. The van der Waals surface area contributed by atoms with Crippen LogP contribution < -0.4 is 15.6 Å². The molecule has 0 bridgehead atoms. The number of hydrogen-bond donors (Lipinski definition) is 3. The summed E-state index contributed by atoms with van der Waals surface area (Å²) in [4.78, 5) is 15.6. The summed E-state index contributed by atoms with van der Waals surface area (Å²) in [5, 5.41) is 17.4. The maximum Gasteiger partial charge on any atom is 0.250 e. The maximum atomic E-state index is 9.40. The van der Waals surface area contributed by atoms with Crippen LogP contribution in [0.4, 0.5) is 23.5 Å². The summed E-state index contributed by atoms with van der Waals surface area (Å²) in [5.74, 6) is 1.35. The Labute approximate surface area is 198 Å². The van der Waals surface area contributed by atoms with Crippen LogP contribution in [0.2, 0.25) is 5.02 Å². The van der Waals surface area contributed by atoms with Crippen LogP contribution in [-0.2, 0) is 4.74 Å². The maximum absolute atomic E-state index is 9.40. The van der Waals surface area contributed by atoms with Gasteiger partial charge in [0.1, 0.15) is 5.75 Å². The number of phenolic OH excluding ortho intramolecular Hbond substituents is 1. The molecule has 2 aromatic carbocycles. The number of nitrogens with zero attached hydrogens (tertiary/aromatic N) is 5. The highest BCUT2D eigenvalue weighted by Crippen LogP contribution is 2.31. The first kappa shape index (κ1) is 22.3. The number of ether oxygens (including phenoxy) is 1. The van der Waals surface area contributed by atoms with Gasteiger partial charge in [-0.1, -0.05) is 11.6 Å². The van der Waals surface area contributed by atoms with Crippen LogP contribution in [0.5, 0.6) is 5.75 Å². The van der Waals surface area contributed by atoms with E-state index in [2.05, 4.69) is 46.7 Å². The van der Waals surface area contributed by atoms with Gasteiger partial charge in [0, 0.05) is 22.6 Å². The lowest BCUT2D eigenvalue weighted by atomic mass is 10.2. The Morgan fingerprint density at radius 2 is 1.84 bits per heavy atom. The number of rotatable bonds is 6. The van der Waals surface area contributed by atoms with Gasteiger partial charge in [-0.15, -0.1) is 0 Å². The molecule has 9 nitrogen and oxygen atoms in total. The summed E-state index contributed by atoms with van der Waals surface area (Å²) < 4.78 is 6.27. The van der Waals surface area contributed by atoms with Crippen molar-refractivity contribution in [2.45, 2.75) is 6.92 Å². The third kappa shape index (κ3) is 5.64. The van der Waals surface area contributed by atoms with Crippen molar-refractivity contribution in [3.05, 3.63) is 57.0 Å². The van der Waals surface area contributed by atoms with Crippen molar-refractivity contribution in [2.75, 3.05) is 41.9 Å². The van der Waals surface area contributed by atoms with Crippen molar-refractivity contribution < 1.29 is 9.84 Å². The Kier molecular flexibility index (Phi) is 7.03. The van der Waals surface area contributed by atoms with Gasteiger partial charge in [-0.3, -0.25) is 0 Å². The van der Waals surface area contributed by atoms with E-state index in [1.54, 1.807) is 30.5 Å². The molecule has 3 N–H and O–H groups in total. The van der Waals surface area contributed by atoms with Gasteiger partial charge >= 0.3 is 0 Å². The molecule has 166 valence electrons. The van der Waals surface area contributed by atoms with Crippen molar-refractivity contribution in [1.29, 1.82) is 0 Å². The predicted octanol–water partition coefficient (Wildman–Crippen LogP) is 4.33. The van der Waals surface area contributed by atoms with E-state index in [0.717, 1.165) is 21.3 Å². The summed E-state index contributed by atoms with van der Waals surface area (Å²) in [6.07, 6.45) is 1.61. The van der Waals surface area contributed by atoms with Crippen molar-refractivity contribution in [1.82, 2.24) is 15.0 Å². The Morgan fingerprint density at radius 1 is 1.12 bits per heavy atom. The first-order valence-corrected chi connectivity index (χ1v) is 11.0. The van der Waals surface area contributed by atoms with Gasteiger partial charge in [0.25, 0.3) is 0 Å². The smallest absolute Gasteiger partial charge is 0.250 e. The van der Waals surface area contributed by atoms with E-state index in [4.69, 9.17) is 16.3 Å². The number of hydrogen-bond acceptors (Lipinski definition) is 9. The fraction of sp³-hybridized carbons (Fsp3) is 0.238. The van der Waals surface area contributed by atoms with Gasteiger partial charge in [-0.2, -0.15) is 20.1 Å². The van der Waals surface area contributed by atoms with Crippen LogP contribution in [0.3, 0.4) is 0 Å². The molecular formula is C21H21BrClN7O2. The first-order valence-electron chi connectivity index (χ1n) is 9.87. The summed E-state index contributed by atoms with van der Waals surface area (Å²) in [5.41, 5.74) is 5.36. The largest absolute Gasteiger partial charge is 0.508 e. The molecule has 1 aliphatic heterocycles. The minimum absolute atomic E-state index is 0.195. The van der Waals surface area contributed by atoms with Crippen molar-refractivity contribution in [2.24, 2.45) is 5.10 Å². The molecule has 0 saturated carbocycles. The van der Waals surface area contributed by atoms with Crippen molar-refractivity contribution >= 4 is 57.3 Å². The lowest BCUT2D eigenvalue weighted by molar-refractivity contribution is 0.122. The molecule has 0 amide bonds. The Balaban J connectivity index is 1.60. The molecule has 0 aliphatic carbocycles. The standard InChI is InChI=1S/C21H21BrClN7O2/c1-13-10-16(22)18(11-17(13)23)25-19-26-20(28-21(27-19)30-6-8-32-9-7-30)29-24-12-14-2-4-15(31)5-3-14/h2-5,10-12,31H,6-9H2,1H3,(H2,25,26,27,28,29)/b24-12+. The van der Waals surface area contributed by atoms with Crippen LogP contribution in [0, 0.1) is 6.92 Å². The molecule has 3 aromatic rings. The number of aryl methyl sites for hydroxylation is 1. The highest BCUT2D eigenvalue weighted by Gasteiger charge is 2.17. The lowest BCUT2D eigenvalue weighted by Crippen LogP contribution is -2.37. The normalized spacial score (nSPS) is 14.0. The van der Waals surface area contributed by atoms with Gasteiger partial charge in [-0.25, -0.2) is 5.43 Å². The molecule has 11 heteroatoms. The van der Waals surface area contributed by atoms with E-state index >= 15 is 0 Å². The zero-order chi connectivity index (χ0) is 22.5. The SMILES string of the molecule is Cc1cc(Br)c(Nc2nc(N/N=C/c3ccc(O)cc3)nc(N3CCOCC3)n2)cc1Cl. The lowest BCUT2D eigenvalue weighted by Gasteiger charge is -2.27. The summed E-state index contributed by atoms with van der Waals surface area (Å²) in [7, 11) is 0. The van der Waals surface area contributed by atoms with E-state index in [9.17, 15) is 5.11 Å². The summed E-state index contributed by atoms with van der Waals surface area (Å²) in [6.45, 7) is 4.51. The molecule has 0 radical (unpaired) electrons. The van der Waals surface area contributed by atoms with E-state index in [0.29, 0.717) is 43.2 Å². The third-order valence-corrected chi connectivity index (χ3v) is 5.75. The van der Waals surface area contributed by atoms with E-state index in [1.165, 1.54) is 0 Å². The number of nitrogens with one attached hydrogen (secondary N) is 2. The number of phenols is 1. The minimum Gasteiger partial charge on any atom is -0.508 e. The number of halogens is 2. The second-order valence-corrected chi connectivity index (χ2v) is 8.31. The van der Waals surface area contributed by atoms with Crippen LogP contribution in [-0.4, -0.2) is 52.6 Å². The van der Waals surface area contributed by atoms with E-state index in [-0.39, 0.29) is 11.7 Å². The van der Waals surface area contributed by atoms with Gasteiger partial charge in [0.05, 0.1) is 25.1 Å². The first-order chi connectivity index (χ1) is 15.5. The Morgan fingerprint density at radius 3 is 2.59 bits per heavy atom. The molecule has 32 heavy (non-hydrogen) atoms. The molecule has 0 spiro atoms. The molecule has 4 rings (SSSR count). The molecular weight excluding hydrogens is 498 g/mol. The van der Waals surface area contributed by atoms with Gasteiger partial charge in [0.15, 0.2) is 0 Å². The zero-order valence-electron chi connectivity index (χ0n) is 17.2. The Hall–Kier alpha value is -2.95. The molecule has 1 aromatic heterocycles. The molecule has 0 unspecified atom stereocenters. The molecule has 1 aliphatic rings. The number of hydrazone groups is 1. The monoisotopic (exact) mass is 517 g/mol. The predicted molar refractivity (Wildman–Crippen MR) is 129 cm³/mol. The third-order valence-electron chi connectivity index (χ3n) is 4.68. The summed E-state index contributed by atoms with van der Waals surface area (Å²) >= 11 is 9.84. The average Bonchev–Trinajstić information content (AvgIpc) is 2.79. The number of morpholine rings is 1. The number of aromatic nitrogens is 3. The minimum atomic E-state index is 0.195. The molecule has 0 atom stereocenters. The highest BCUT2D eigenvalue weighted by atomic mass is 79.9. The number of aromatic hydroxyl groups is 1. The fourth-order valence-electron chi connectivity index (χ4n) is 2.96. The van der Waals surface area contributed by atoms with E-state index in [1.807, 2.05) is 24.0 Å². The fourth-order valence-corrected chi connectivity index (χ4v) is 3.68. The number of anilines is 4. The topological polar surface area (TPSA) is 108 Å². The average molecular weight is 519 g/mol. The molecule has 2 heterocycles. The van der Waals surface area contributed by atoms with Gasteiger partial charge in [0.2, 0.25) is 17.8 Å². The van der Waals surface area contributed by atoms with Crippen LogP contribution in [0.1, 0.15) is 11.1 Å². The van der Waals surface area contributed by atoms with Crippen LogP contribution in [0.15, 0.2) is 46.0 Å². The van der Waals surface area contributed by atoms with Gasteiger partial charge in [-0.05, 0) is 70.4 Å². The molecule has 1 fully saturated rings.